The van der Waals surface area contributed by atoms with Gasteiger partial charge in [0.25, 0.3) is 0 Å². The SMILES string of the molecule is COc1c(Br)cc(Br)cc1CNCc1ccno1. The summed E-state index contributed by atoms with van der Waals surface area (Å²) in [7, 11) is 1.66. The van der Waals surface area contributed by atoms with Crippen molar-refractivity contribution >= 4 is 31.9 Å². The van der Waals surface area contributed by atoms with Crippen LogP contribution in [-0.4, -0.2) is 12.3 Å². The zero-order valence-electron chi connectivity index (χ0n) is 9.74. The van der Waals surface area contributed by atoms with E-state index in [-0.39, 0.29) is 0 Å². The monoisotopic (exact) mass is 374 g/mol. The van der Waals surface area contributed by atoms with Crippen LogP contribution in [0.5, 0.6) is 5.75 Å². The molecule has 1 N–H and O–H groups in total. The highest BCUT2D eigenvalue weighted by molar-refractivity contribution is 9.11. The molecule has 0 amide bonds. The summed E-state index contributed by atoms with van der Waals surface area (Å²) in [4.78, 5) is 0. The van der Waals surface area contributed by atoms with Crippen molar-refractivity contribution in [1.82, 2.24) is 10.5 Å². The van der Waals surface area contributed by atoms with Gasteiger partial charge in [-0.3, -0.25) is 0 Å². The van der Waals surface area contributed by atoms with E-state index in [4.69, 9.17) is 9.26 Å². The van der Waals surface area contributed by atoms with Crippen molar-refractivity contribution < 1.29 is 9.26 Å². The number of halogens is 2. The van der Waals surface area contributed by atoms with Crippen molar-refractivity contribution in [3.05, 3.63) is 44.7 Å². The number of benzene rings is 1. The van der Waals surface area contributed by atoms with Crippen molar-refractivity contribution in [2.24, 2.45) is 0 Å². The minimum absolute atomic E-state index is 0.632. The van der Waals surface area contributed by atoms with Crippen LogP contribution in [-0.2, 0) is 13.1 Å². The molecule has 0 fully saturated rings. The van der Waals surface area contributed by atoms with Crippen molar-refractivity contribution in [3.63, 3.8) is 0 Å². The van der Waals surface area contributed by atoms with E-state index in [0.29, 0.717) is 13.1 Å². The highest BCUT2D eigenvalue weighted by Gasteiger charge is 2.09. The Kier molecular flexibility index (Phi) is 4.79. The maximum absolute atomic E-state index is 5.38. The maximum Gasteiger partial charge on any atom is 0.150 e. The molecule has 0 aliphatic carbocycles. The van der Waals surface area contributed by atoms with Crippen LogP contribution in [0.1, 0.15) is 11.3 Å². The van der Waals surface area contributed by atoms with Gasteiger partial charge in [-0.25, -0.2) is 0 Å². The first-order valence-corrected chi connectivity index (χ1v) is 6.91. The quantitative estimate of drug-likeness (QED) is 0.868. The highest BCUT2D eigenvalue weighted by Crippen LogP contribution is 2.32. The van der Waals surface area contributed by atoms with Gasteiger partial charge in [0.2, 0.25) is 0 Å². The van der Waals surface area contributed by atoms with Crippen molar-refractivity contribution in [1.29, 1.82) is 0 Å². The molecular weight excluding hydrogens is 364 g/mol. The molecule has 1 aromatic carbocycles. The Morgan fingerprint density at radius 2 is 2.17 bits per heavy atom. The molecule has 1 heterocycles. The molecule has 18 heavy (non-hydrogen) atoms. The van der Waals surface area contributed by atoms with Gasteiger partial charge in [-0.05, 0) is 28.1 Å². The Bertz CT molecular complexity index is 515. The Morgan fingerprint density at radius 1 is 1.33 bits per heavy atom. The largest absolute Gasteiger partial charge is 0.495 e. The summed E-state index contributed by atoms with van der Waals surface area (Å²) in [6.07, 6.45) is 1.63. The lowest BCUT2D eigenvalue weighted by Gasteiger charge is -2.11. The van der Waals surface area contributed by atoms with Crippen LogP contribution in [0.15, 0.2) is 37.9 Å². The van der Waals surface area contributed by atoms with E-state index >= 15 is 0 Å². The molecule has 0 saturated carbocycles. The fourth-order valence-corrected chi connectivity index (χ4v) is 3.10. The molecule has 1 aromatic heterocycles. The van der Waals surface area contributed by atoms with Gasteiger partial charge in [-0.15, -0.1) is 0 Å². The molecule has 0 aliphatic rings. The fourth-order valence-electron chi connectivity index (χ4n) is 1.63. The molecule has 0 atom stereocenters. The summed E-state index contributed by atoms with van der Waals surface area (Å²) in [6.45, 7) is 1.31. The van der Waals surface area contributed by atoms with Gasteiger partial charge in [0.1, 0.15) is 11.5 Å². The van der Waals surface area contributed by atoms with Crippen LogP contribution in [0.4, 0.5) is 0 Å². The summed E-state index contributed by atoms with van der Waals surface area (Å²) < 4.78 is 12.3. The number of rotatable bonds is 5. The normalized spacial score (nSPS) is 10.6. The molecule has 0 radical (unpaired) electrons. The Labute approximate surface area is 122 Å². The van der Waals surface area contributed by atoms with Gasteiger partial charge in [0.05, 0.1) is 24.3 Å². The second-order valence-corrected chi connectivity index (χ2v) is 5.43. The molecule has 0 aliphatic heterocycles. The number of nitrogens with one attached hydrogen (secondary N) is 1. The maximum atomic E-state index is 5.38. The first-order chi connectivity index (χ1) is 8.70. The predicted octanol–water partition coefficient (Wildman–Crippen LogP) is 3.50. The number of ether oxygens (including phenoxy) is 1. The van der Waals surface area contributed by atoms with Gasteiger partial charge >= 0.3 is 0 Å². The van der Waals surface area contributed by atoms with E-state index in [1.807, 2.05) is 18.2 Å². The minimum atomic E-state index is 0.632. The van der Waals surface area contributed by atoms with Crippen molar-refractivity contribution in [2.45, 2.75) is 13.1 Å². The Hall–Kier alpha value is -0.850. The number of methoxy groups -OCH3 is 1. The van der Waals surface area contributed by atoms with E-state index < -0.39 is 0 Å². The van der Waals surface area contributed by atoms with Crippen LogP contribution in [0.25, 0.3) is 0 Å². The van der Waals surface area contributed by atoms with Gasteiger partial charge in [0.15, 0.2) is 0 Å². The fraction of sp³-hybridized carbons (Fsp3) is 0.250. The van der Waals surface area contributed by atoms with Crippen LogP contribution in [0.3, 0.4) is 0 Å². The zero-order chi connectivity index (χ0) is 13.0. The molecule has 0 bridgehead atoms. The first-order valence-electron chi connectivity index (χ1n) is 5.33. The van der Waals surface area contributed by atoms with Gasteiger partial charge in [0, 0.05) is 22.6 Å². The number of hydrogen-bond acceptors (Lipinski definition) is 4. The number of hydrogen-bond donors (Lipinski definition) is 1. The summed E-state index contributed by atoms with van der Waals surface area (Å²) in [6, 6.07) is 5.82. The molecular formula is C12H12Br2N2O2. The number of nitrogens with zero attached hydrogens (tertiary/aromatic N) is 1. The van der Waals surface area contributed by atoms with Crippen molar-refractivity contribution in [2.75, 3.05) is 7.11 Å². The smallest absolute Gasteiger partial charge is 0.150 e. The molecule has 0 saturated heterocycles. The predicted molar refractivity (Wildman–Crippen MR) is 75.4 cm³/mol. The second kappa shape index (κ2) is 6.36. The first kappa shape index (κ1) is 13.6. The van der Waals surface area contributed by atoms with Crippen LogP contribution in [0.2, 0.25) is 0 Å². The number of aromatic nitrogens is 1. The van der Waals surface area contributed by atoms with E-state index in [9.17, 15) is 0 Å². The lowest BCUT2D eigenvalue weighted by atomic mass is 10.2. The molecule has 0 unspecified atom stereocenters. The third-order valence-electron chi connectivity index (χ3n) is 2.40. The van der Waals surface area contributed by atoms with Gasteiger partial charge < -0.3 is 14.6 Å². The lowest BCUT2D eigenvalue weighted by Crippen LogP contribution is -2.13. The molecule has 96 valence electrons. The van der Waals surface area contributed by atoms with Crippen molar-refractivity contribution in [3.8, 4) is 5.75 Å². The second-order valence-electron chi connectivity index (χ2n) is 3.66. The minimum Gasteiger partial charge on any atom is -0.495 e. The highest BCUT2D eigenvalue weighted by atomic mass is 79.9. The molecule has 2 rings (SSSR count). The molecule has 2 aromatic rings. The summed E-state index contributed by atoms with van der Waals surface area (Å²) in [5, 5.41) is 6.93. The van der Waals surface area contributed by atoms with Crippen LogP contribution >= 0.6 is 31.9 Å². The summed E-state index contributed by atoms with van der Waals surface area (Å²) in [5.74, 6) is 1.64. The molecule has 0 spiro atoms. The average Bonchev–Trinajstić information content (AvgIpc) is 2.81. The Balaban J connectivity index is 2.04. The van der Waals surface area contributed by atoms with Gasteiger partial charge in [-0.2, -0.15) is 0 Å². The standard InChI is InChI=1S/C12H12Br2N2O2/c1-17-12-8(4-9(13)5-11(12)14)6-15-7-10-2-3-16-18-10/h2-5,15H,6-7H2,1H3. The van der Waals surface area contributed by atoms with Gasteiger partial charge in [-0.1, -0.05) is 21.1 Å². The molecule has 4 nitrogen and oxygen atoms in total. The van der Waals surface area contributed by atoms with E-state index in [1.165, 1.54) is 0 Å². The third-order valence-corrected chi connectivity index (χ3v) is 3.44. The van der Waals surface area contributed by atoms with E-state index in [2.05, 4.69) is 42.3 Å². The summed E-state index contributed by atoms with van der Waals surface area (Å²) in [5.41, 5.74) is 1.07. The van der Waals surface area contributed by atoms with Crippen LogP contribution in [0, 0.1) is 0 Å². The molecule has 6 heteroatoms. The van der Waals surface area contributed by atoms with Crippen LogP contribution < -0.4 is 10.1 Å². The van der Waals surface area contributed by atoms with E-state index in [0.717, 1.165) is 26.0 Å². The third kappa shape index (κ3) is 3.34. The Morgan fingerprint density at radius 3 is 2.83 bits per heavy atom. The topological polar surface area (TPSA) is 47.3 Å². The average molecular weight is 376 g/mol. The zero-order valence-corrected chi connectivity index (χ0v) is 12.9. The van der Waals surface area contributed by atoms with E-state index in [1.54, 1.807) is 13.3 Å². The summed E-state index contributed by atoms with van der Waals surface area (Å²) >= 11 is 6.94. The lowest BCUT2D eigenvalue weighted by molar-refractivity contribution is 0.370.